The Morgan fingerprint density at radius 2 is 1.82 bits per heavy atom. The highest BCUT2D eigenvalue weighted by atomic mass is 32.1. The Bertz CT molecular complexity index is 1380. The molecule has 0 aliphatic heterocycles. The molecular formula is C22H16F2N4O4S. The van der Waals surface area contributed by atoms with Gasteiger partial charge < -0.3 is 26.2 Å². The molecule has 0 saturated heterocycles. The number of halogens is 2. The van der Waals surface area contributed by atoms with Crippen molar-refractivity contribution in [1.29, 1.82) is 0 Å². The number of amides is 2. The lowest BCUT2D eigenvalue weighted by atomic mass is 10.2. The van der Waals surface area contributed by atoms with Gasteiger partial charge in [-0.2, -0.15) is 0 Å². The van der Waals surface area contributed by atoms with E-state index in [0.29, 0.717) is 21.5 Å². The third kappa shape index (κ3) is 4.89. The molecule has 11 heteroatoms. The van der Waals surface area contributed by atoms with Gasteiger partial charge in [0.05, 0.1) is 21.6 Å². The number of hydrogen-bond donors (Lipinski definition) is 4. The summed E-state index contributed by atoms with van der Waals surface area (Å²) in [6, 6.07) is 9.94. The largest absolute Gasteiger partial charge is 0.477 e. The number of nitrogens with two attached hydrogens (primary N) is 1. The molecule has 0 saturated carbocycles. The minimum atomic E-state index is -1.08. The number of carbonyl (C=O) groups excluding carboxylic acids is 1. The maximum absolute atomic E-state index is 14.6. The minimum Gasteiger partial charge on any atom is -0.477 e. The summed E-state index contributed by atoms with van der Waals surface area (Å²) < 4.78 is 34.7. The van der Waals surface area contributed by atoms with Crippen molar-refractivity contribution in [2.24, 2.45) is 5.73 Å². The molecule has 5 N–H and O–H groups in total. The number of thiophene rings is 1. The van der Waals surface area contributed by atoms with Crippen LogP contribution in [0.5, 0.6) is 11.5 Å². The third-order valence-corrected chi connectivity index (χ3v) is 5.64. The molecule has 0 bridgehead atoms. The normalized spacial score (nSPS) is 10.8. The molecule has 4 aromatic rings. The maximum atomic E-state index is 14.6. The molecule has 0 fully saturated rings. The zero-order valence-electron chi connectivity index (χ0n) is 16.8. The van der Waals surface area contributed by atoms with Crippen LogP contribution in [-0.2, 0) is 6.54 Å². The molecule has 0 spiro atoms. The van der Waals surface area contributed by atoms with Gasteiger partial charge in [0.15, 0.2) is 0 Å². The highest BCUT2D eigenvalue weighted by Crippen LogP contribution is 2.35. The second kappa shape index (κ2) is 9.18. The summed E-state index contributed by atoms with van der Waals surface area (Å²) in [4.78, 5) is 27.6. The molecule has 0 aliphatic rings. The highest BCUT2D eigenvalue weighted by Gasteiger charge is 2.15. The summed E-state index contributed by atoms with van der Waals surface area (Å²) in [5.74, 6) is -2.10. The van der Waals surface area contributed by atoms with Crippen molar-refractivity contribution in [3.8, 4) is 11.5 Å². The molecule has 0 radical (unpaired) electrons. The molecule has 0 unspecified atom stereocenters. The molecule has 2 heterocycles. The Labute approximate surface area is 189 Å². The lowest BCUT2D eigenvalue weighted by molar-refractivity contribution is 0.0702. The number of benzene rings is 2. The summed E-state index contributed by atoms with van der Waals surface area (Å²) in [5.41, 5.74) is 6.33. The van der Waals surface area contributed by atoms with Gasteiger partial charge in [0.25, 0.3) is 0 Å². The highest BCUT2D eigenvalue weighted by molar-refractivity contribution is 7.21. The summed E-state index contributed by atoms with van der Waals surface area (Å²) in [6.07, 6.45) is 1.45. The summed E-state index contributed by atoms with van der Waals surface area (Å²) in [5, 5.41) is 13.8. The lowest BCUT2D eigenvalue weighted by Gasteiger charge is -2.12. The quantitative estimate of drug-likeness (QED) is 0.308. The number of nitrogens with zero attached hydrogens (tertiary/aromatic N) is 1. The van der Waals surface area contributed by atoms with Gasteiger partial charge in [0.1, 0.15) is 28.0 Å². The number of carbonyl (C=O) groups is 2. The van der Waals surface area contributed by atoms with E-state index >= 15 is 0 Å². The molecule has 8 nitrogen and oxygen atoms in total. The number of aromatic nitrogens is 1. The Morgan fingerprint density at radius 3 is 2.55 bits per heavy atom. The van der Waals surface area contributed by atoms with Crippen LogP contribution in [0.2, 0.25) is 0 Å². The number of nitrogens with one attached hydrogen (secondary N) is 2. The molecule has 2 aromatic carbocycles. The van der Waals surface area contributed by atoms with E-state index in [1.807, 2.05) is 0 Å². The zero-order chi connectivity index (χ0) is 23.5. The smallest absolute Gasteiger partial charge is 0.345 e. The van der Waals surface area contributed by atoms with Crippen molar-refractivity contribution >= 4 is 44.9 Å². The van der Waals surface area contributed by atoms with Crippen LogP contribution in [0.25, 0.3) is 10.2 Å². The number of pyridine rings is 1. The van der Waals surface area contributed by atoms with E-state index in [2.05, 4.69) is 15.6 Å². The predicted octanol–water partition coefficient (Wildman–Crippen LogP) is 5.17. The summed E-state index contributed by atoms with van der Waals surface area (Å²) in [7, 11) is 0. The van der Waals surface area contributed by atoms with Crippen LogP contribution < -0.4 is 21.1 Å². The van der Waals surface area contributed by atoms with Crippen LogP contribution >= 0.6 is 11.3 Å². The molecule has 2 amide bonds. The van der Waals surface area contributed by atoms with Gasteiger partial charge in [0.2, 0.25) is 0 Å². The number of aromatic carboxylic acids is 1. The van der Waals surface area contributed by atoms with Crippen molar-refractivity contribution in [1.82, 2.24) is 4.98 Å². The van der Waals surface area contributed by atoms with E-state index in [0.717, 1.165) is 17.4 Å². The number of carboxylic acid groups (broad SMARTS) is 1. The number of anilines is 2. The Balaban J connectivity index is 1.49. The van der Waals surface area contributed by atoms with Crippen LogP contribution in [0.4, 0.5) is 25.0 Å². The predicted molar refractivity (Wildman–Crippen MR) is 120 cm³/mol. The molecular weight excluding hydrogens is 454 g/mol. The second-order valence-corrected chi connectivity index (χ2v) is 7.83. The first-order valence-corrected chi connectivity index (χ1v) is 10.3. The first-order chi connectivity index (χ1) is 15.8. The van der Waals surface area contributed by atoms with E-state index in [-0.39, 0.29) is 28.5 Å². The van der Waals surface area contributed by atoms with Gasteiger partial charge in [0, 0.05) is 24.9 Å². The van der Waals surface area contributed by atoms with E-state index in [1.54, 1.807) is 0 Å². The molecule has 4 rings (SSSR count). The van der Waals surface area contributed by atoms with Gasteiger partial charge in [-0.15, -0.1) is 11.3 Å². The molecule has 33 heavy (non-hydrogen) atoms. The van der Waals surface area contributed by atoms with E-state index in [9.17, 15) is 18.4 Å². The fourth-order valence-corrected chi connectivity index (χ4v) is 3.86. The average molecular weight is 470 g/mol. The average Bonchev–Trinajstić information content (AvgIpc) is 3.23. The number of fused-ring (bicyclic) bond motifs is 1. The van der Waals surface area contributed by atoms with Crippen LogP contribution in [0, 0.1) is 11.6 Å². The fourth-order valence-electron chi connectivity index (χ4n) is 2.96. The molecule has 2 aromatic heterocycles. The van der Waals surface area contributed by atoms with E-state index < -0.39 is 23.6 Å². The van der Waals surface area contributed by atoms with Crippen molar-refractivity contribution in [3.63, 3.8) is 0 Å². The van der Waals surface area contributed by atoms with Gasteiger partial charge in [-0.1, -0.05) is 6.07 Å². The van der Waals surface area contributed by atoms with Gasteiger partial charge in [-0.25, -0.2) is 18.4 Å². The van der Waals surface area contributed by atoms with Crippen molar-refractivity contribution in [2.45, 2.75) is 6.54 Å². The van der Waals surface area contributed by atoms with Gasteiger partial charge in [-0.3, -0.25) is 4.98 Å². The summed E-state index contributed by atoms with van der Waals surface area (Å²) >= 11 is 0.987. The molecule has 0 aliphatic carbocycles. The van der Waals surface area contributed by atoms with Crippen LogP contribution in [-0.4, -0.2) is 22.1 Å². The second-order valence-electron chi connectivity index (χ2n) is 6.78. The van der Waals surface area contributed by atoms with E-state index in [4.69, 9.17) is 15.6 Å². The van der Waals surface area contributed by atoms with Crippen molar-refractivity contribution in [3.05, 3.63) is 76.8 Å². The Kier molecular flexibility index (Phi) is 6.16. The van der Waals surface area contributed by atoms with Crippen LogP contribution in [0.3, 0.4) is 0 Å². The van der Waals surface area contributed by atoms with Crippen molar-refractivity contribution in [2.75, 3.05) is 10.6 Å². The maximum Gasteiger partial charge on any atom is 0.345 e. The SMILES string of the molecule is NCc1ccc(F)c(NC(=O)Nc2ccc(Oc3ccnc4cc(C(=O)O)sc34)cc2F)c1. The number of carboxylic acids is 1. The zero-order valence-corrected chi connectivity index (χ0v) is 17.6. The first kappa shape index (κ1) is 22.1. The number of rotatable bonds is 6. The fraction of sp³-hybridized carbons (Fsp3) is 0.0455. The van der Waals surface area contributed by atoms with E-state index in [1.165, 1.54) is 48.7 Å². The Hall–Kier alpha value is -4.09. The first-order valence-electron chi connectivity index (χ1n) is 9.50. The van der Waals surface area contributed by atoms with Gasteiger partial charge in [-0.05, 0) is 35.9 Å². The number of hydrogen-bond acceptors (Lipinski definition) is 6. The Morgan fingerprint density at radius 1 is 1.03 bits per heavy atom. The monoisotopic (exact) mass is 470 g/mol. The number of urea groups is 1. The third-order valence-electron chi connectivity index (χ3n) is 4.52. The standard InChI is InChI=1S/C22H16F2N4O4S/c23-13-3-1-11(10-25)7-16(13)28-22(31)27-15-4-2-12(8-14(15)24)32-18-5-6-26-17-9-19(21(29)30)33-20(17)18/h1-9H,10,25H2,(H,29,30)(H2,27,28,31). The topological polar surface area (TPSA) is 127 Å². The summed E-state index contributed by atoms with van der Waals surface area (Å²) in [6.45, 7) is 0.166. The van der Waals surface area contributed by atoms with Crippen molar-refractivity contribution < 1.29 is 28.2 Å². The molecule has 168 valence electrons. The lowest BCUT2D eigenvalue weighted by Crippen LogP contribution is -2.21. The minimum absolute atomic E-state index is 0.0887. The van der Waals surface area contributed by atoms with Gasteiger partial charge >= 0.3 is 12.0 Å². The number of ether oxygens (including phenoxy) is 1. The molecule has 0 atom stereocenters. The van der Waals surface area contributed by atoms with Crippen LogP contribution in [0.15, 0.2) is 54.7 Å². The van der Waals surface area contributed by atoms with Crippen LogP contribution in [0.1, 0.15) is 15.2 Å².